The summed E-state index contributed by atoms with van der Waals surface area (Å²) < 4.78 is 19.0. The Labute approximate surface area is 245 Å². The third-order valence-electron chi connectivity index (χ3n) is 6.02. The van der Waals surface area contributed by atoms with Gasteiger partial charge in [-0.25, -0.2) is 9.79 Å². The minimum atomic E-state index is -0.698. The number of nitrogens with zero attached hydrogens (tertiary/aromatic N) is 3. The van der Waals surface area contributed by atoms with E-state index in [1.165, 1.54) is 29.8 Å². The number of thiophene rings is 1. The number of hydrogen-bond acceptors (Lipinski definition) is 9. The van der Waals surface area contributed by atoms with E-state index in [1.54, 1.807) is 29.7 Å². The summed E-state index contributed by atoms with van der Waals surface area (Å²) in [6, 6.07) is 18.0. The number of methoxy groups -OCH3 is 1. The minimum Gasteiger partial charge on any atom is -0.493 e. The van der Waals surface area contributed by atoms with Gasteiger partial charge in [0.05, 0.1) is 34.0 Å². The van der Waals surface area contributed by atoms with Crippen LogP contribution in [0.3, 0.4) is 0 Å². The molecule has 0 unspecified atom stereocenters. The molecule has 1 aliphatic heterocycles. The van der Waals surface area contributed by atoms with Crippen LogP contribution in [0.5, 0.6) is 11.5 Å². The number of aromatic nitrogens is 1. The molecule has 2 aromatic heterocycles. The van der Waals surface area contributed by atoms with Gasteiger partial charge in [0.15, 0.2) is 22.9 Å². The first-order valence-electron chi connectivity index (χ1n) is 12.2. The first-order valence-corrected chi connectivity index (χ1v) is 14.6. The summed E-state index contributed by atoms with van der Waals surface area (Å²) in [7, 11) is 1.50. The van der Waals surface area contributed by atoms with Gasteiger partial charge in [-0.3, -0.25) is 9.36 Å². The Morgan fingerprint density at radius 3 is 2.70 bits per heavy atom. The lowest BCUT2D eigenvalue weighted by Gasteiger charge is -2.24. The zero-order valence-corrected chi connectivity index (χ0v) is 24.6. The molecule has 0 spiro atoms. The number of fused-ring (bicyclic) bond motifs is 1. The number of thiazole rings is 1. The van der Waals surface area contributed by atoms with Crippen molar-refractivity contribution in [2.45, 2.75) is 13.0 Å². The number of rotatable bonds is 8. The Bertz CT molecular complexity index is 1820. The predicted molar refractivity (Wildman–Crippen MR) is 157 cm³/mol. The van der Waals surface area contributed by atoms with Gasteiger partial charge in [0.1, 0.15) is 12.1 Å². The first kappa shape index (κ1) is 27.6. The minimum absolute atomic E-state index is 0.137. The highest BCUT2D eigenvalue weighted by molar-refractivity contribution is 9.10. The Balaban J connectivity index is 1.74. The van der Waals surface area contributed by atoms with E-state index in [2.05, 4.69) is 15.9 Å². The Morgan fingerprint density at radius 1 is 1.23 bits per heavy atom. The summed E-state index contributed by atoms with van der Waals surface area (Å²) >= 11 is 6.17. The van der Waals surface area contributed by atoms with E-state index in [1.807, 2.05) is 53.9 Å². The summed E-state index contributed by atoms with van der Waals surface area (Å²) in [4.78, 5) is 33.5. The monoisotopic (exact) mass is 635 g/mol. The lowest BCUT2D eigenvalue weighted by molar-refractivity contribution is -0.138. The highest BCUT2D eigenvalue weighted by Gasteiger charge is 2.35. The number of benzene rings is 2. The molecule has 202 valence electrons. The Morgan fingerprint density at radius 2 is 2.02 bits per heavy atom. The topological polar surface area (TPSA) is 103 Å². The van der Waals surface area contributed by atoms with E-state index in [0.717, 1.165) is 10.4 Å². The fourth-order valence-electron chi connectivity index (χ4n) is 4.38. The van der Waals surface area contributed by atoms with E-state index >= 15 is 0 Å². The smallest absolute Gasteiger partial charge is 0.338 e. The molecule has 40 heavy (non-hydrogen) atoms. The summed E-state index contributed by atoms with van der Waals surface area (Å²) in [5.41, 5.74) is 1.95. The van der Waals surface area contributed by atoms with Gasteiger partial charge in [0, 0.05) is 10.4 Å². The van der Waals surface area contributed by atoms with Crippen molar-refractivity contribution in [1.29, 1.82) is 5.26 Å². The van der Waals surface area contributed by atoms with Gasteiger partial charge in [0.25, 0.3) is 5.56 Å². The largest absolute Gasteiger partial charge is 0.493 e. The van der Waals surface area contributed by atoms with E-state index in [9.17, 15) is 9.59 Å². The molecule has 8 nitrogen and oxygen atoms in total. The van der Waals surface area contributed by atoms with Gasteiger partial charge in [-0.05, 0) is 58.1 Å². The second-order valence-electron chi connectivity index (χ2n) is 8.43. The lowest BCUT2D eigenvalue weighted by Crippen LogP contribution is -2.39. The zero-order chi connectivity index (χ0) is 28.2. The number of halogens is 1. The van der Waals surface area contributed by atoms with E-state index < -0.39 is 12.0 Å². The number of carbonyl (C=O) groups is 1. The molecule has 0 fully saturated rings. The van der Waals surface area contributed by atoms with Crippen LogP contribution >= 0.6 is 38.6 Å². The molecule has 2 aromatic carbocycles. The summed E-state index contributed by atoms with van der Waals surface area (Å²) in [5.74, 6) is 0.294. The Kier molecular flexibility index (Phi) is 8.30. The third kappa shape index (κ3) is 5.25. The van der Waals surface area contributed by atoms with Crippen molar-refractivity contribution in [2.24, 2.45) is 4.99 Å². The number of esters is 1. The summed E-state index contributed by atoms with van der Waals surface area (Å²) in [5, 5.41) is 10.8. The molecule has 0 saturated heterocycles. The molecule has 0 radical (unpaired) electrons. The molecular weight excluding hydrogens is 614 g/mol. The number of carbonyl (C=O) groups excluding carboxylic acids is 1. The van der Waals surface area contributed by atoms with Crippen molar-refractivity contribution in [3.05, 3.63) is 106 Å². The quantitative estimate of drug-likeness (QED) is 0.261. The van der Waals surface area contributed by atoms with Crippen LogP contribution in [0, 0.1) is 11.3 Å². The number of hydrogen-bond donors (Lipinski definition) is 0. The van der Waals surface area contributed by atoms with Gasteiger partial charge in [-0.15, -0.1) is 11.3 Å². The second-order valence-corrected chi connectivity index (χ2v) is 11.3. The molecule has 0 N–H and O–H groups in total. The van der Waals surface area contributed by atoms with Crippen LogP contribution in [0.15, 0.2) is 79.8 Å². The molecular formula is C29H22BrN3O5S2. The second kappa shape index (κ2) is 12.0. The van der Waals surface area contributed by atoms with Crippen LogP contribution in [0.2, 0.25) is 0 Å². The molecule has 3 heterocycles. The van der Waals surface area contributed by atoms with Gasteiger partial charge in [0.2, 0.25) is 0 Å². The van der Waals surface area contributed by atoms with E-state index in [4.69, 9.17) is 24.5 Å². The highest BCUT2D eigenvalue weighted by Crippen LogP contribution is 2.38. The van der Waals surface area contributed by atoms with Gasteiger partial charge >= 0.3 is 5.97 Å². The highest BCUT2D eigenvalue weighted by atomic mass is 79.9. The van der Waals surface area contributed by atoms with Gasteiger partial charge in [-0.1, -0.05) is 47.7 Å². The predicted octanol–water partition coefficient (Wildman–Crippen LogP) is 4.67. The molecule has 1 aliphatic rings. The van der Waals surface area contributed by atoms with Crippen LogP contribution < -0.4 is 24.4 Å². The van der Waals surface area contributed by atoms with Crippen molar-refractivity contribution in [3.8, 4) is 17.6 Å². The molecule has 0 aliphatic carbocycles. The first-order chi connectivity index (χ1) is 19.5. The average molecular weight is 637 g/mol. The van der Waals surface area contributed by atoms with Crippen LogP contribution in [0.25, 0.3) is 11.8 Å². The fraction of sp³-hybridized carbons (Fsp3) is 0.172. The molecule has 5 rings (SSSR count). The standard InChI is InChI=1S/C29H22BrN3O5S2/c1-3-37-28(35)23-24(18-8-5-4-6-9-18)32-29-33(25(23)21-10-7-13-39-21)27(34)22(40-29)16-17-14-19(30)26(38-12-11-31)20(15-17)36-2/h4-10,13-16,25H,3,12H2,1-2H3/b22-16-/t25-/m0/s1. The molecule has 1 atom stereocenters. The fourth-order valence-corrected chi connectivity index (χ4v) is 6.77. The molecule has 11 heteroatoms. The Hall–Kier alpha value is -3.98. The SMILES string of the molecule is CCOC(=O)C1=C(c2ccccc2)N=c2s/c(=C\c3cc(Br)c(OCC#N)c(OC)c3)c(=O)n2[C@H]1c1cccs1. The summed E-state index contributed by atoms with van der Waals surface area (Å²) in [6.45, 7) is 1.80. The third-order valence-corrected chi connectivity index (χ3v) is 8.51. The van der Waals surface area contributed by atoms with Crippen LogP contribution in [0.1, 0.15) is 29.0 Å². The summed E-state index contributed by atoms with van der Waals surface area (Å²) in [6.07, 6.45) is 1.74. The van der Waals surface area contributed by atoms with Crippen LogP contribution in [-0.2, 0) is 9.53 Å². The maximum Gasteiger partial charge on any atom is 0.338 e. The van der Waals surface area contributed by atoms with E-state index in [0.29, 0.717) is 42.1 Å². The van der Waals surface area contributed by atoms with Crippen LogP contribution in [0.4, 0.5) is 0 Å². The van der Waals surface area contributed by atoms with Crippen molar-refractivity contribution in [3.63, 3.8) is 0 Å². The zero-order valence-electron chi connectivity index (χ0n) is 21.4. The van der Waals surface area contributed by atoms with Crippen molar-refractivity contribution < 1.29 is 19.0 Å². The molecule has 4 aromatic rings. The maximum atomic E-state index is 13.9. The normalized spacial score (nSPS) is 14.8. The molecule has 0 saturated carbocycles. The van der Waals surface area contributed by atoms with Crippen molar-refractivity contribution in [2.75, 3.05) is 20.3 Å². The lowest BCUT2D eigenvalue weighted by atomic mass is 9.97. The van der Waals surface area contributed by atoms with Crippen LogP contribution in [-0.4, -0.2) is 30.9 Å². The van der Waals surface area contributed by atoms with Gasteiger partial charge < -0.3 is 14.2 Å². The number of ether oxygens (including phenoxy) is 3. The molecule has 0 bridgehead atoms. The van der Waals surface area contributed by atoms with Gasteiger partial charge in [-0.2, -0.15) is 5.26 Å². The van der Waals surface area contributed by atoms with Crippen molar-refractivity contribution >= 4 is 56.3 Å². The number of nitriles is 1. The van der Waals surface area contributed by atoms with Crippen molar-refractivity contribution in [1.82, 2.24) is 4.57 Å². The molecule has 0 amide bonds. The average Bonchev–Trinajstić information content (AvgIpc) is 3.60. The maximum absolute atomic E-state index is 13.9. The van der Waals surface area contributed by atoms with E-state index in [-0.39, 0.29) is 18.8 Å².